The molecule has 172 valence electrons. The molecule has 0 atom stereocenters. The molecule has 0 saturated heterocycles. The van der Waals surface area contributed by atoms with E-state index in [0.717, 1.165) is 0 Å². The first-order chi connectivity index (χ1) is 16.1. The van der Waals surface area contributed by atoms with Crippen molar-refractivity contribution in [2.45, 2.75) is 32.9 Å². The first-order valence-electron chi connectivity index (χ1n) is 10.3. The topological polar surface area (TPSA) is 96.4 Å². The summed E-state index contributed by atoms with van der Waals surface area (Å²) in [4.78, 5) is 23.6. The van der Waals surface area contributed by atoms with Crippen LogP contribution in [0.25, 0.3) is 16.9 Å². The van der Waals surface area contributed by atoms with E-state index in [0.29, 0.717) is 44.0 Å². The van der Waals surface area contributed by atoms with Crippen molar-refractivity contribution < 1.29 is 9.53 Å². The van der Waals surface area contributed by atoms with Crippen molar-refractivity contribution in [2.75, 3.05) is 4.90 Å². The van der Waals surface area contributed by atoms with Gasteiger partial charge in [0.15, 0.2) is 5.65 Å². The van der Waals surface area contributed by atoms with Gasteiger partial charge in [-0.25, -0.2) is 14.8 Å². The molecule has 0 aliphatic rings. The third kappa shape index (κ3) is 5.11. The maximum absolute atomic E-state index is 13.4. The Morgan fingerprint density at radius 3 is 2.62 bits per heavy atom. The summed E-state index contributed by atoms with van der Waals surface area (Å²) in [7, 11) is 0. The summed E-state index contributed by atoms with van der Waals surface area (Å²) < 4.78 is 7.25. The standard InChI is InChI=1S/C24H20Cl2N6O2/c1-24(2,3)34-23(33)31(14-16-4-6-17(25)10-19(16)26)22-11-20(30-21-8-9-29-32(21)22)15-5-7-18(12-27)28-13-15/h4-11,13H,14H2,1-3H3. The van der Waals surface area contributed by atoms with E-state index < -0.39 is 11.7 Å². The normalized spacial score (nSPS) is 11.3. The van der Waals surface area contributed by atoms with Crippen molar-refractivity contribution in [1.29, 1.82) is 5.26 Å². The van der Waals surface area contributed by atoms with E-state index in [1.807, 2.05) is 6.07 Å². The second-order valence-corrected chi connectivity index (χ2v) is 9.29. The average molecular weight is 495 g/mol. The smallest absolute Gasteiger partial charge is 0.416 e. The van der Waals surface area contributed by atoms with Gasteiger partial charge in [0.1, 0.15) is 23.2 Å². The molecule has 1 amide bonds. The number of aromatic nitrogens is 4. The molecule has 0 aliphatic heterocycles. The predicted molar refractivity (Wildman–Crippen MR) is 130 cm³/mol. The van der Waals surface area contributed by atoms with Crippen molar-refractivity contribution in [3.8, 4) is 17.3 Å². The van der Waals surface area contributed by atoms with Crippen molar-refractivity contribution in [1.82, 2.24) is 19.6 Å². The van der Waals surface area contributed by atoms with E-state index in [4.69, 9.17) is 33.2 Å². The Kier molecular flexibility index (Phi) is 6.42. The number of pyridine rings is 1. The van der Waals surface area contributed by atoms with Crippen LogP contribution in [0.2, 0.25) is 10.0 Å². The largest absolute Gasteiger partial charge is 0.443 e. The van der Waals surface area contributed by atoms with Crippen LogP contribution >= 0.6 is 23.2 Å². The van der Waals surface area contributed by atoms with Gasteiger partial charge in [0, 0.05) is 33.9 Å². The second kappa shape index (κ2) is 9.29. The predicted octanol–water partition coefficient (Wildman–Crippen LogP) is 5.91. The third-order valence-electron chi connectivity index (χ3n) is 4.75. The molecule has 0 spiro atoms. The average Bonchev–Trinajstić information content (AvgIpc) is 3.26. The summed E-state index contributed by atoms with van der Waals surface area (Å²) in [5.74, 6) is 0.426. The first kappa shape index (κ1) is 23.5. The van der Waals surface area contributed by atoms with Crippen molar-refractivity contribution in [2.24, 2.45) is 0 Å². The minimum absolute atomic E-state index is 0.106. The molecule has 3 heterocycles. The Hall–Kier alpha value is -3.67. The van der Waals surface area contributed by atoms with Gasteiger partial charge in [-0.2, -0.15) is 14.9 Å². The summed E-state index contributed by atoms with van der Waals surface area (Å²) in [5.41, 5.74) is 1.99. The number of amides is 1. The SMILES string of the molecule is CC(C)(C)OC(=O)N(Cc1ccc(Cl)cc1Cl)c1cc(-c2ccc(C#N)nc2)nc2ccnn12. The van der Waals surface area contributed by atoms with Crippen LogP contribution in [0.1, 0.15) is 32.0 Å². The number of anilines is 1. The van der Waals surface area contributed by atoms with Crippen LogP contribution in [-0.2, 0) is 11.3 Å². The van der Waals surface area contributed by atoms with E-state index in [1.54, 1.807) is 80.1 Å². The number of halogens is 2. The lowest BCUT2D eigenvalue weighted by atomic mass is 10.1. The van der Waals surface area contributed by atoms with Crippen molar-refractivity contribution in [3.05, 3.63) is 76.2 Å². The lowest BCUT2D eigenvalue weighted by Gasteiger charge is -2.28. The molecule has 0 bridgehead atoms. The maximum Gasteiger partial charge on any atom is 0.416 e. The van der Waals surface area contributed by atoms with Gasteiger partial charge in [-0.3, -0.25) is 4.90 Å². The summed E-state index contributed by atoms with van der Waals surface area (Å²) in [6.45, 7) is 5.49. The molecule has 0 N–H and O–H groups in total. The van der Waals surface area contributed by atoms with Crippen LogP contribution in [0.4, 0.5) is 10.6 Å². The highest BCUT2D eigenvalue weighted by atomic mass is 35.5. The zero-order valence-corrected chi connectivity index (χ0v) is 20.2. The zero-order chi connectivity index (χ0) is 24.5. The van der Waals surface area contributed by atoms with Gasteiger partial charge in [0.05, 0.1) is 18.4 Å². The summed E-state index contributed by atoms with van der Waals surface area (Å²) in [6.07, 6.45) is 2.58. The Morgan fingerprint density at radius 2 is 1.97 bits per heavy atom. The van der Waals surface area contributed by atoms with Crippen LogP contribution < -0.4 is 4.90 Å². The molecule has 0 aliphatic carbocycles. The Morgan fingerprint density at radius 1 is 1.18 bits per heavy atom. The lowest BCUT2D eigenvalue weighted by Crippen LogP contribution is -2.37. The third-order valence-corrected chi connectivity index (χ3v) is 5.34. The Balaban J connectivity index is 1.86. The minimum atomic E-state index is -0.727. The summed E-state index contributed by atoms with van der Waals surface area (Å²) in [5, 5.41) is 14.3. The molecule has 34 heavy (non-hydrogen) atoms. The number of carbonyl (C=O) groups excluding carboxylic acids is 1. The highest BCUT2D eigenvalue weighted by Crippen LogP contribution is 2.29. The minimum Gasteiger partial charge on any atom is -0.443 e. The van der Waals surface area contributed by atoms with Crippen LogP contribution in [-0.4, -0.2) is 31.3 Å². The Labute approximate surface area is 206 Å². The number of benzene rings is 1. The monoisotopic (exact) mass is 494 g/mol. The number of fused-ring (bicyclic) bond motifs is 1. The fourth-order valence-electron chi connectivity index (χ4n) is 3.22. The fraction of sp³-hybridized carbons (Fsp3) is 0.208. The zero-order valence-electron chi connectivity index (χ0n) is 18.7. The molecular weight excluding hydrogens is 475 g/mol. The van der Waals surface area contributed by atoms with Gasteiger partial charge in [0.2, 0.25) is 0 Å². The van der Waals surface area contributed by atoms with Crippen molar-refractivity contribution >= 4 is 40.8 Å². The highest BCUT2D eigenvalue weighted by molar-refractivity contribution is 6.35. The molecule has 4 rings (SSSR count). The molecule has 4 aromatic rings. The summed E-state index contributed by atoms with van der Waals surface area (Å²) >= 11 is 12.5. The molecule has 10 heteroatoms. The van der Waals surface area contributed by atoms with E-state index in [-0.39, 0.29) is 6.54 Å². The van der Waals surface area contributed by atoms with E-state index in [1.165, 1.54) is 4.90 Å². The van der Waals surface area contributed by atoms with Crippen LogP contribution in [0.3, 0.4) is 0 Å². The molecule has 3 aromatic heterocycles. The molecule has 0 unspecified atom stereocenters. The van der Waals surface area contributed by atoms with Crippen LogP contribution in [0.15, 0.2) is 54.9 Å². The van der Waals surface area contributed by atoms with Gasteiger partial charge in [-0.15, -0.1) is 0 Å². The van der Waals surface area contributed by atoms with Crippen LogP contribution in [0, 0.1) is 11.3 Å². The van der Waals surface area contributed by atoms with E-state index in [9.17, 15) is 4.79 Å². The quantitative estimate of drug-likeness (QED) is 0.349. The maximum atomic E-state index is 13.4. The molecular formula is C24H20Cl2N6O2. The van der Waals surface area contributed by atoms with Crippen LogP contribution in [0.5, 0.6) is 0 Å². The highest BCUT2D eigenvalue weighted by Gasteiger charge is 2.27. The van der Waals surface area contributed by atoms with Gasteiger partial charge in [-0.05, 0) is 50.6 Å². The van der Waals surface area contributed by atoms with Gasteiger partial charge in [0.25, 0.3) is 0 Å². The molecule has 8 nitrogen and oxygen atoms in total. The van der Waals surface area contributed by atoms with Gasteiger partial charge in [-0.1, -0.05) is 29.3 Å². The molecule has 0 fully saturated rings. The van der Waals surface area contributed by atoms with E-state index >= 15 is 0 Å². The first-order valence-corrected chi connectivity index (χ1v) is 11.1. The molecule has 0 radical (unpaired) electrons. The number of ether oxygens (including phenoxy) is 1. The molecule has 0 saturated carbocycles. The van der Waals surface area contributed by atoms with Gasteiger partial charge >= 0.3 is 6.09 Å². The lowest BCUT2D eigenvalue weighted by molar-refractivity contribution is 0.0575. The van der Waals surface area contributed by atoms with Crippen molar-refractivity contribution in [3.63, 3.8) is 0 Å². The molecule has 1 aromatic carbocycles. The number of rotatable bonds is 4. The van der Waals surface area contributed by atoms with Gasteiger partial charge < -0.3 is 4.74 Å². The number of nitriles is 1. The number of nitrogens with zero attached hydrogens (tertiary/aromatic N) is 6. The number of hydrogen-bond acceptors (Lipinski definition) is 6. The fourth-order valence-corrected chi connectivity index (χ4v) is 3.69. The number of hydrogen-bond donors (Lipinski definition) is 0. The second-order valence-electron chi connectivity index (χ2n) is 8.45. The number of carbonyl (C=O) groups is 1. The van der Waals surface area contributed by atoms with E-state index in [2.05, 4.69) is 15.1 Å². The summed E-state index contributed by atoms with van der Waals surface area (Å²) in [6, 6.07) is 13.9. The Bertz CT molecular complexity index is 1400.